The van der Waals surface area contributed by atoms with Crippen LogP contribution < -0.4 is 35.3 Å². The molecule has 0 saturated carbocycles. The zero-order valence-corrected chi connectivity index (χ0v) is 19.4. The van der Waals surface area contributed by atoms with Crippen LogP contribution >= 0.6 is 0 Å². The van der Waals surface area contributed by atoms with Crippen molar-refractivity contribution in [2.75, 3.05) is 38.6 Å². The Morgan fingerprint density at radius 1 is 0.714 bits per heavy atom. The van der Waals surface area contributed by atoms with Gasteiger partial charge in [0, 0.05) is 11.1 Å². The van der Waals surface area contributed by atoms with E-state index in [4.69, 9.17) is 24.7 Å². The van der Waals surface area contributed by atoms with Crippen LogP contribution in [0.5, 0.6) is 23.0 Å². The van der Waals surface area contributed by atoms with Crippen LogP contribution in [0.1, 0.15) is 20.7 Å². The van der Waals surface area contributed by atoms with E-state index < -0.39 is 17.7 Å². The summed E-state index contributed by atoms with van der Waals surface area (Å²) >= 11 is 0. The Labute approximate surface area is 201 Å². The fourth-order valence-corrected chi connectivity index (χ4v) is 3.16. The molecule has 3 amide bonds. The van der Waals surface area contributed by atoms with E-state index in [-0.39, 0.29) is 34.9 Å². The molecule has 10 heteroatoms. The first-order valence-electron chi connectivity index (χ1n) is 10.4. The van der Waals surface area contributed by atoms with Crippen LogP contribution in [-0.2, 0) is 4.79 Å². The molecule has 35 heavy (non-hydrogen) atoms. The first kappa shape index (κ1) is 24.9. The van der Waals surface area contributed by atoms with Gasteiger partial charge in [0.15, 0.2) is 18.1 Å². The van der Waals surface area contributed by atoms with E-state index in [1.165, 1.54) is 57.7 Å². The molecule has 0 aliphatic heterocycles. The minimum atomic E-state index is -0.638. The minimum absolute atomic E-state index is 0.217. The number of carbonyl (C=O) groups is 3. The number of ether oxygens (including phenoxy) is 4. The zero-order valence-electron chi connectivity index (χ0n) is 19.4. The van der Waals surface area contributed by atoms with E-state index >= 15 is 0 Å². The molecular weight excluding hydrogens is 454 g/mol. The predicted molar refractivity (Wildman–Crippen MR) is 130 cm³/mol. The molecule has 0 heterocycles. The number of benzene rings is 3. The Morgan fingerprint density at radius 2 is 1.34 bits per heavy atom. The highest BCUT2D eigenvalue weighted by atomic mass is 16.5. The predicted octanol–water partition coefficient (Wildman–Crippen LogP) is 3.08. The number of methoxy groups -OCH3 is 3. The first-order chi connectivity index (χ1) is 16.9. The SMILES string of the molecule is COc1ccccc1NC(=O)COc1ccc(C(=O)Nc2cc(C(N)=O)ccc2OC)cc1OC. The largest absolute Gasteiger partial charge is 0.495 e. The lowest BCUT2D eigenvalue weighted by Gasteiger charge is -2.14. The third-order valence-corrected chi connectivity index (χ3v) is 4.90. The smallest absolute Gasteiger partial charge is 0.262 e. The van der Waals surface area contributed by atoms with Crippen LogP contribution in [0.2, 0.25) is 0 Å². The van der Waals surface area contributed by atoms with Gasteiger partial charge in [-0.2, -0.15) is 0 Å². The molecule has 182 valence electrons. The molecule has 3 aromatic carbocycles. The highest BCUT2D eigenvalue weighted by molar-refractivity contribution is 6.06. The maximum atomic E-state index is 12.8. The van der Waals surface area contributed by atoms with Crippen molar-refractivity contribution in [3.8, 4) is 23.0 Å². The summed E-state index contributed by atoms with van der Waals surface area (Å²) in [6, 6.07) is 15.9. The zero-order chi connectivity index (χ0) is 25.4. The van der Waals surface area contributed by atoms with Gasteiger partial charge >= 0.3 is 0 Å². The Morgan fingerprint density at radius 3 is 2.03 bits per heavy atom. The average Bonchev–Trinajstić information content (AvgIpc) is 2.87. The van der Waals surface area contributed by atoms with Gasteiger partial charge in [-0.05, 0) is 48.5 Å². The van der Waals surface area contributed by atoms with Crippen LogP contribution in [-0.4, -0.2) is 45.7 Å². The van der Waals surface area contributed by atoms with Crippen molar-refractivity contribution in [1.29, 1.82) is 0 Å². The molecule has 0 aliphatic rings. The molecular formula is C25H25N3O7. The summed E-state index contributed by atoms with van der Waals surface area (Å²) < 4.78 is 21.4. The lowest BCUT2D eigenvalue weighted by Crippen LogP contribution is -2.20. The topological polar surface area (TPSA) is 138 Å². The molecule has 0 bridgehead atoms. The highest BCUT2D eigenvalue weighted by Gasteiger charge is 2.16. The van der Waals surface area contributed by atoms with Crippen molar-refractivity contribution in [3.63, 3.8) is 0 Å². The first-order valence-corrected chi connectivity index (χ1v) is 10.4. The third kappa shape index (κ3) is 6.20. The van der Waals surface area contributed by atoms with Gasteiger partial charge in [0.05, 0.1) is 32.7 Å². The van der Waals surface area contributed by atoms with Crippen molar-refractivity contribution in [1.82, 2.24) is 0 Å². The van der Waals surface area contributed by atoms with E-state index in [2.05, 4.69) is 10.6 Å². The Bertz CT molecular complexity index is 1240. The molecule has 0 atom stereocenters. The number of nitrogens with two attached hydrogens (primary N) is 1. The number of primary amides is 1. The molecule has 0 spiro atoms. The molecule has 3 aromatic rings. The van der Waals surface area contributed by atoms with Crippen LogP contribution in [0, 0.1) is 0 Å². The molecule has 0 aliphatic carbocycles. The van der Waals surface area contributed by atoms with Gasteiger partial charge in [0.25, 0.3) is 11.8 Å². The van der Waals surface area contributed by atoms with Gasteiger partial charge in [-0.1, -0.05) is 12.1 Å². The van der Waals surface area contributed by atoms with E-state index in [0.717, 1.165) is 0 Å². The summed E-state index contributed by atoms with van der Waals surface area (Å²) in [4.78, 5) is 36.6. The maximum Gasteiger partial charge on any atom is 0.262 e. The molecule has 0 fully saturated rings. The summed E-state index contributed by atoms with van der Waals surface area (Å²) in [7, 11) is 4.36. The van der Waals surface area contributed by atoms with E-state index in [1.54, 1.807) is 24.3 Å². The van der Waals surface area contributed by atoms with E-state index in [1.807, 2.05) is 0 Å². The molecule has 4 N–H and O–H groups in total. The Balaban J connectivity index is 1.70. The highest BCUT2D eigenvalue weighted by Crippen LogP contribution is 2.30. The Kier molecular flexibility index (Phi) is 8.12. The van der Waals surface area contributed by atoms with Gasteiger partial charge in [0.1, 0.15) is 11.5 Å². The summed E-state index contributed by atoms with van der Waals surface area (Å²) in [6.45, 7) is -0.295. The Hall–Kier alpha value is -4.73. The second-order valence-electron chi connectivity index (χ2n) is 7.14. The summed E-state index contributed by atoms with van der Waals surface area (Å²) in [5.41, 5.74) is 6.58. The lowest BCUT2D eigenvalue weighted by molar-refractivity contribution is -0.118. The standard InChI is InChI=1S/C25H25N3O7/c1-32-19-7-5-4-6-17(19)27-23(29)14-35-21-11-9-16(13-22(21)34-3)25(31)28-18-12-15(24(26)30)8-10-20(18)33-2/h4-13H,14H2,1-3H3,(H2,26,30)(H,27,29)(H,28,31). The van der Waals surface area contributed by atoms with Gasteiger partial charge in [0.2, 0.25) is 5.91 Å². The quantitative estimate of drug-likeness (QED) is 0.406. The van der Waals surface area contributed by atoms with Crippen LogP contribution in [0.3, 0.4) is 0 Å². The van der Waals surface area contributed by atoms with E-state index in [0.29, 0.717) is 17.2 Å². The van der Waals surface area contributed by atoms with Crippen LogP contribution in [0.15, 0.2) is 60.7 Å². The molecule has 3 rings (SSSR count). The fraction of sp³-hybridized carbons (Fsp3) is 0.160. The van der Waals surface area contributed by atoms with Crippen LogP contribution in [0.4, 0.5) is 11.4 Å². The van der Waals surface area contributed by atoms with E-state index in [9.17, 15) is 14.4 Å². The number of para-hydroxylation sites is 2. The summed E-state index contributed by atoms with van der Waals surface area (Å²) in [5, 5.41) is 5.40. The number of anilines is 2. The van der Waals surface area contributed by atoms with Crippen LogP contribution in [0.25, 0.3) is 0 Å². The minimum Gasteiger partial charge on any atom is -0.495 e. The number of hydrogen-bond donors (Lipinski definition) is 3. The monoisotopic (exact) mass is 479 g/mol. The number of amides is 3. The van der Waals surface area contributed by atoms with Crippen molar-refractivity contribution in [2.24, 2.45) is 5.73 Å². The molecule has 10 nitrogen and oxygen atoms in total. The maximum absolute atomic E-state index is 12.8. The van der Waals surface area contributed by atoms with Gasteiger partial charge in [-0.3, -0.25) is 14.4 Å². The molecule has 0 saturated heterocycles. The third-order valence-electron chi connectivity index (χ3n) is 4.90. The van der Waals surface area contributed by atoms with Crippen molar-refractivity contribution in [2.45, 2.75) is 0 Å². The van der Waals surface area contributed by atoms with Crippen molar-refractivity contribution in [3.05, 3.63) is 71.8 Å². The second-order valence-corrected chi connectivity index (χ2v) is 7.14. The molecule has 0 radical (unpaired) electrons. The summed E-state index contributed by atoms with van der Waals surface area (Å²) in [5.74, 6) is -0.124. The number of rotatable bonds is 10. The van der Waals surface area contributed by atoms with Crippen molar-refractivity contribution < 1.29 is 33.3 Å². The fourth-order valence-electron chi connectivity index (χ4n) is 3.16. The summed E-state index contributed by atoms with van der Waals surface area (Å²) in [6.07, 6.45) is 0. The lowest BCUT2D eigenvalue weighted by atomic mass is 10.1. The normalized spacial score (nSPS) is 10.1. The molecule has 0 unspecified atom stereocenters. The van der Waals surface area contributed by atoms with Gasteiger partial charge < -0.3 is 35.3 Å². The second kappa shape index (κ2) is 11.4. The van der Waals surface area contributed by atoms with Crippen molar-refractivity contribution >= 4 is 29.1 Å². The number of hydrogen-bond acceptors (Lipinski definition) is 7. The number of carbonyl (C=O) groups excluding carboxylic acids is 3. The number of nitrogens with one attached hydrogen (secondary N) is 2. The van der Waals surface area contributed by atoms with Gasteiger partial charge in [-0.25, -0.2) is 0 Å². The average molecular weight is 479 g/mol. The van der Waals surface area contributed by atoms with Gasteiger partial charge in [-0.15, -0.1) is 0 Å². The molecule has 0 aromatic heterocycles.